The Bertz CT molecular complexity index is 286. The zero-order valence-electron chi connectivity index (χ0n) is 8.41. The molecular weight excluding hydrogens is 164 g/mol. The molecule has 1 rings (SSSR count). The van der Waals surface area contributed by atoms with Gasteiger partial charge in [0.15, 0.2) is 0 Å². The van der Waals surface area contributed by atoms with Crippen LogP contribution in [0.5, 0.6) is 0 Å². The minimum Gasteiger partial charge on any atom is -0.390 e. The van der Waals surface area contributed by atoms with Gasteiger partial charge in [0.25, 0.3) is 0 Å². The zero-order chi connectivity index (χ0) is 9.84. The lowest BCUT2D eigenvalue weighted by Crippen LogP contribution is -2.05. The van der Waals surface area contributed by atoms with E-state index in [0.717, 1.165) is 17.8 Å². The Morgan fingerprint density at radius 1 is 1.54 bits per heavy atom. The summed E-state index contributed by atoms with van der Waals surface area (Å²) in [6.45, 7) is 6.10. The van der Waals surface area contributed by atoms with Crippen molar-refractivity contribution >= 4 is 0 Å². The molecule has 1 heterocycles. The number of aromatic nitrogens is 2. The first-order valence-electron chi connectivity index (χ1n) is 4.62. The highest BCUT2D eigenvalue weighted by molar-refractivity contribution is 5.16. The minimum absolute atomic E-state index is 0.0209. The molecule has 1 unspecified atom stereocenters. The molecular formula is C10H16N2O. The Labute approximate surface area is 78.9 Å². The molecule has 0 bridgehead atoms. The summed E-state index contributed by atoms with van der Waals surface area (Å²) < 4.78 is 0. The van der Waals surface area contributed by atoms with Crippen molar-refractivity contribution in [1.29, 1.82) is 0 Å². The van der Waals surface area contributed by atoms with E-state index in [1.165, 1.54) is 0 Å². The summed E-state index contributed by atoms with van der Waals surface area (Å²) in [4.78, 5) is 8.55. The Balaban J connectivity index is 3.07. The Morgan fingerprint density at radius 2 is 2.23 bits per heavy atom. The van der Waals surface area contributed by atoms with Crippen molar-refractivity contribution in [1.82, 2.24) is 9.97 Å². The number of rotatable bonds is 3. The molecule has 0 aromatic carbocycles. The lowest BCUT2D eigenvalue weighted by Gasteiger charge is -2.11. The Kier molecular flexibility index (Phi) is 3.37. The van der Waals surface area contributed by atoms with E-state index < -0.39 is 0 Å². The van der Waals surface area contributed by atoms with Gasteiger partial charge < -0.3 is 5.11 Å². The summed E-state index contributed by atoms with van der Waals surface area (Å²) in [5.74, 6) is 0.370. The van der Waals surface area contributed by atoms with Gasteiger partial charge in [-0.2, -0.15) is 0 Å². The summed E-state index contributed by atoms with van der Waals surface area (Å²) >= 11 is 0. The molecule has 0 amide bonds. The molecule has 0 radical (unpaired) electrons. The third kappa shape index (κ3) is 2.25. The van der Waals surface area contributed by atoms with Crippen LogP contribution in [-0.2, 0) is 6.61 Å². The van der Waals surface area contributed by atoms with Gasteiger partial charge in [0.05, 0.1) is 23.7 Å². The van der Waals surface area contributed by atoms with Crippen LogP contribution >= 0.6 is 0 Å². The van der Waals surface area contributed by atoms with Gasteiger partial charge in [-0.25, -0.2) is 0 Å². The van der Waals surface area contributed by atoms with E-state index in [9.17, 15) is 0 Å². The molecule has 3 heteroatoms. The fourth-order valence-corrected chi connectivity index (χ4v) is 1.23. The average Bonchev–Trinajstić information content (AvgIpc) is 2.16. The van der Waals surface area contributed by atoms with Crippen molar-refractivity contribution in [2.75, 3.05) is 0 Å². The van der Waals surface area contributed by atoms with Crippen molar-refractivity contribution in [2.45, 2.75) is 39.7 Å². The molecule has 3 nitrogen and oxygen atoms in total. The lowest BCUT2D eigenvalue weighted by molar-refractivity contribution is 0.273. The van der Waals surface area contributed by atoms with E-state index in [1.54, 1.807) is 6.20 Å². The predicted molar refractivity (Wildman–Crippen MR) is 51.4 cm³/mol. The fraction of sp³-hybridized carbons (Fsp3) is 0.600. The minimum atomic E-state index is -0.0209. The largest absolute Gasteiger partial charge is 0.390 e. The molecule has 0 fully saturated rings. The van der Waals surface area contributed by atoms with Crippen LogP contribution in [0.1, 0.15) is 43.3 Å². The number of aliphatic hydroxyl groups is 1. The van der Waals surface area contributed by atoms with E-state index in [0.29, 0.717) is 11.6 Å². The highest BCUT2D eigenvalue weighted by atomic mass is 16.3. The lowest BCUT2D eigenvalue weighted by atomic mass is 10.0. The van der Waals surface area contributed by atoms with Crippen LogP contribution in [0.2, 0.25) is 0 Å². The molecule has 0 saturated carbocycles. The number of hydrogen-bond acceptors (Lipinski definition) is 3. The standard InChI is InChI=1S/C10H16N2O/c1-4-7(2)10-9(6-13)11-5-8(3)12-10/h5,7,13H,4,6H2,1-3H3. The maximum absolute atomic E-state index is 9.05. The van der Waals surface area contributed by atoms with Crippen LogP contribution in [0.4, 0.5) is 0 Å². The molecule has 1 N–H and O–H groups in total. The van der Waals surface area contributed by atoms with E-state index in [2.05, 4.69) is 23.8 Å². The molecule has 1 aromatic rings. The second-order valence-electron chi connectivity index (χ2n) is 3.31. The van der Waals surface area contributed by atoms with Crippen molar-refractivity contribution in [3.8, 4) is 0 Å². The number of aliphatic hydroxyl groups excluding tert-OH is 1. The smallest absolute Gasteiger partial charge is 0.0876 e. The van der Waals surface area contributed by atoms with E-state index in [4.69, 9.17) is 5.11 Å². The molecule has 1 aromatic heterocycles. The van der Waals surface area contributed by atoms with Gasteiger partial charge in [0.2, 0.25) is 0 Å². The first kappa shape index (κ1) is 10.1. The maximum atomic E-state index is 9.05. The van der Waals surface area contributed by atoms with Gasteiger partial charge in [-0.3, -0.25) is 9.97 Å². The second-order valence-corrected chi connectivity index (χ2v) is 3.31. The molecule has 13 heavy (non-hydrogen) atoms. The van der Waals surface area contributed by atoms with Gasteiger partial charge in [-0.1, -0.05) is 13.8 Å². The third-order valence-electron chi connectivity index (χ3n) is 2.23. The van der Waals surface area contributed by atoms with Crippen LogP contribution in [-0.4, -0.2) is 15.1 Å². The van der Waals surface area contributed by atoms with Crippen molar-refractivity contribution in [3.63, 3.8) is 0 Å². The summed E-state index contributed by atoms with van der Waals surface area (Å²) in [6, 6.07) is 0. The molecule has 72 valence electrons. The van der Waals surface area contributed by atoms with Gasteiger partial charge in [-0.05, 0) is 13.3 Å². The molecule has 0 aliphatic heterocycles. The topological polar surface area (TPSA) is 46.0 Å². The quantitative estimate of drug-likeness (QED) is 0.771. The molecule has 0 saturated heterocycles. The SMILES string of the molecule is CCC(C)c1nc(C)cnc1CO. The zero-order valence-corrected chi connectivity index (χ0v) is 8.41. The van der Waals surface area contributed by atoms with Gasteiger partial charge >= 0.3 is 0 Å². The molecule has 0 aliphatic carbocycles. The second kappa shape index (κ2) is 4.33. The Morgan fingerprint density at radius 3 is 2.77 bits per heavy atom. The summed E-state index contributed by atoms with van der Waals surface area (Å²) in [7, 11) is 0. The van der Waals surface area contributed by atoms with E-state index >= 15 is 0 Å². The average molecular weight is 180 g/mol. The van der Waals surface area contributed by atoms with Crippen molar-refractivity contribution in [3.05, 3.63) is 23.3 Å². The predicted octanol–water partition coefficient (Wildman–Crippen LogP) is 1.79. The van der Waals surface area contributed by atoms with Crippen LogP contribution in [0.3, 0.4) is 0 Å². The summed E-state index contributed by atoms with van der Waals surface area (Å²) in [5.41, 5.74) is 2.55. The van der Waals surface area contributed by atoms with Crippen LogP contribution in [0.25, 0.3) is 0 Å². The first-order chi connectivity index (χ1) is 6.19. The van der Waals surface area contributed by atoms with E-state index in [1.807, 2.05) is 6.92 Å². The Hall–Kier alpha value is -0.960. The van der Waals surface area contributed by atoms with Crippen LogP contribution in [0.15, 0.2) is 6.20 Å². The number of nitrogens with zero attached hydrogens (tertiary/aromatic N) is 2. The van der Waals surface area contributed by atoms with Gasteiger partial charge in [0.1, 0.15) is 0 Å². The van der Waals surface area contributed by atoms with E-state index in [-0.39, 0.29) is 6.61 Å². The fourth-order valence-electron chi connectivity index (χ4n) is 1.23. The monoisotopic (exact) mass is 180 g/mol. The van der Waals surface area contributed by atoms with Crippen molar-refractivity contribution in [2.24, 2.45) is 0 Å². The van der Waals surface area contributed by atoms with Crippen LogP contribution < -0.4 is 0 Å². The third-order valence-corrected chi connectivity index (χ3v) is 2.23. The number of aryl methyl sites for hydroxylation is 1. The van der Waals surface area contributed by atoms with Crippen molar-refractivity contribution < 1.29 is 5.11 Å². The first-order valence-corrected chi connectivity index (χ1v) is 4.62. The molecule has 0 spiro atoms. The normalized spacial score (nSPS) is 12.9. The van der Waals surface area contributed by atoms with Crippen LogP contribution in [0, 0.1) is 6.92 Å². The number of hydrogen-bond donors (Lipinski definition) is 1. The summed E-state index contributed by atoms with van der Waals surface area (Å²) in [5, 5.41) is 9.05. The molecule has 0 aliphatic rings. The summed E-state index contributed by atoms with van der Waals surface area (Å²) in [6.07, 6.45) is 2.71. The maximum Gasteiger partial charge on any atom is 0.0876 e. The highest BCUT2D eigenvalue weighted by Gasteiger charge is 2.11. The molecule has 1 atom stereocenters. The highest BCUT2D eigenvalue weighted by Crippen LogP contribution is 2.19. The van der Waals surface area contributed by atoms with Gasteiger partial charge in [0, 0.05) is 12.1 Å². The van der Waals surface area contributed by atoms with Gasteiger partial charge in [-0.15, -0.1) is 0 Å².